The third-order valence-corrected chi connectivity index (χ3v) is 2.51. The van der Waals surface area contributed by atoms with Crippen LogP contribution in [0.5, 0.6) is 5.75 Å². The van der Waals surface area contributed by atoms with Crippen molar-refractivity contribution in [3.05, 3.63) is 47.7 Å². The van der Waals surface area contributed by atoms with E-state index in [1.165, 1.54) is 0 Å². The standard InChI is InChI=1S/C14H13N3O/c1-10-3-4-11(9-15)14(16-10)17-12-5-7-13(18-2)8-6-12/h3-8H,1-2H3,(H,16,17). The summed E-state index contributed by atoms with van der Waals surface area (Å²) in [5, 5.41) is 12.1. The van der Waals surface area contributed by atoms with E-state index in [4.69, 9.17) is 10.00 Å². The number of nitrogens with zero attached hydrogens (tertiary/aromatic N) is 2. The van der Waals surface area contributed by atoms with E-state index in [2.05, 4.69) is 16.4 Å². The molecule has 18 heavy (non-hydrogen) atoms. The second kappa shape index (κ2) is 5.19. The van der Waals surface area contributed by atoms with Gasteiger partial charge >= 0.3 is 0 Å². The first kappa shape index (κ1) is 11.9. The molecule has 2 aromatic rings. The lowest BCUT2D eigenvalue weighted by molar-refractivity contribution is 0.415. The highest BCUT2D eigenvalue weighted by molar-refractivity contribution is 5.63. The summed E-state index contributed by atoms with van der Waals surface area (Å²) in [5.41, 5.74) is 2.26. The van der Waals surface area contributed by atoms with Crippen molar-refractivity contribution in [3.63, 3.8) is 0 Å². The Morgan fingerprint density at radius 3 is 2.50 bits per heavy atom. The van der Waals surface area contributed by atoms with E-state index in [9.17, 15) is 0 Å². The van der Waals surface area contributed by atoms with Crippen LogP contribution in [0.15, 0.2) is 36.4 Å². The maximum atomic E-state index is 9.02. The van der Waals surface area contributed by atoms with Crippen LogP contribution >= 0.6 is 0 Å². The fourth-order valence-corrected chi connectivity index (χ4v) is 1.55. The molecule has 0 aliphatic rings. The first-order valence-corrected chi connectivity index (χ1v) is 5.52. The summed E-state index contributed by atoms with van der Waals surface area (Å²) in [7, 11) is 1.62. The predicted octanol–water partition coefficient (Wildman–Crippen LogP) is 3.01. The second-order valence-electron chi connectivity index (χ2n) is 3.81. The Bertz CT molecular complexity index is 585. The van der Waals surface area contributed by atoms with Gasteiger partial charge in [0.05, 0.1) is 12.7 Å². The minimum atomic E-state index is 0.524. The monoisotopic (exact) mass is 239 g/mol. The van der Waals surface area contributed by atoms with Gasteiger partial charge in [0.15, 0.2) is 0 Å². The van der Waals surface area contributed by atoms with E-state index in [0.717, 1.165) is 17.1 Å². The highest BCUT2D eigenvalue weighted by Crippen LogP contribution is 2.21. The number of aromatic nitrogens is 1. The number of rotatable bonds is 3. The molecule has 0 saturated carbocycles. The van der Waals surface area contributed by atoms with Crippen molar-refractivity contribution in [1.29, 1.82) is 5.26 Å². The second-order valence-corrected chi connectivity index (χ2v) is 3.81. The SMILES string of the molecule is COc1ccc(Nc2nc(C)ccc2C#N)cc1. The van der Waals surface area contributed by atoms with Crippen molar-refractivity contribution in [2.45, 2.75) is 6.92 Å². The maximum Gasteiger partial charge on any atom is 0.148 e. The zero-order valence-electron chi connectivity index (χ0n) is 10.3. The Labute approximate surface area is 106 Å². The summed E-state index contributed by atoms with van der Waals surface area (Å²) >= 11 is 0. The lowest BCUT2D eigenvalue weighted by atomic mass is 10.2. The molecule has 0 fully saturated rings. The molecule has 0 unspecified atom stereocenters. The highest BCUT2D eigenvalue weighted by atomic mass is 16.5. The van der Waals surface area contributed by atoms with Gasteiger partial charge in [-0.15, -0.1) is 0 Å². The Hall–Kier alpha value is -2.54. The number of methoxy groups -OCH3 is 1. The number of hydrogen-bond acceptors (Lipinski definition) is 4. The molecule has 4 heteroatoms. The van der Waals surface area contributed by atoms with Crippen molar-refractivity contribution in [3.8, 4) is 11.8 Å². The van der Waals surface area contributed by atoms with Gasteiger partial charge in [-0.05, 0) is 43.3 Å². The molecule has 1 N–H and O–H groups in total. The summed E-state index contributed by atoms with van der Waals surface area (Å²) in [6.45, 7) is 1.89. The van der Waals surface area contributed by atoms with Crippen LogP contribution in [0.4, 0.5) is 11.5 Å². The van der Waals surface area contributed by atoms with Crippen molar-refractivity contribution in [1.82, 2.24) is 4.98 Å². The first-order valence-electron chi connectivity index (χ1n) is 5.52. The molecule has 1 aromatic carbocycles. The summed E-state index contributed by atoms with van der Waals surface area (Å²) in [6.07, 6.45) is 0. The number of nitriles is 1. The van der Waals surface area contributed by atoms with E-state index < -0.39 is 0 Å². The molecule has 0 atom stereocenters. The summed E-state index contributed by atoms with van der Waals surface area (Å²) < 4.78 is 5.09. The van der Waals surface area contributed by atoms with Gasteiger partial charge < -0.3 is 10.1 Å². The zero-order chi connectivity index (χ0) is 13.0. The molecule has 4 nitrogen and oxygen atoms in total. The number of hydrogen-bond donors (Lipinski definition) is 1. The number of nitrogens with one attached hydrogen (secondary N) is 1. The van der Waals surface area contributed by atoms with Crippen LogP contribution in [-0.4, -0.2) is 12.1 Å². The van der Waals surface area contributed by atoms with Gasteiger partial charge in [0, 0.05) is 11.4 Å². The van der Waals surface area contributed by atoms with Crippen LogP contribution < -0.4 is 10.1 Å². The van der Waals surface area contributed by atoms with Crippen LogP contribution in [-0.2, 0) is 0 Å². The maximum absolute atomic E-state index is 9.02. The minimum absolute atomic E-state index is 0.524. The predicted molar refractivity (Wildman–Crippen MR) is 70.0 cm³/mol. The van der Waals surface area contributed by atoms with Crippen LogP contribution in [0.3, 0.4) is 0 Å². The molecule has 0 saturated heterocycles. The van der Waals surface area contributed by atoms with Gasteiger partial charge in [-0.2, -0.15) is 5.26 Å². The molecule has 1 heterocycles. The van der Waals surface area contributed by atoms with Crippen molar-refractivity contribution < 1.29 is 4.74 Å². The Morgan fingerprint density at radius 2 is 1.89 bits per heavy atom. The van der Waals surface area contributed by atoms with Gasteiger partial charge in [-0.3, -0.25) is 0 Å². The van der Waals surface area contributed by atoms with Crippen molar-refractivity contribution >= 4 is 11.5 Å². The van der Waals surface area contributed by atoms with Crippen LogP contribution in [0.2, 0.25) is 0 Å². The number of anilines is 2. The third kappa shape index (κ3) is 2.58. The number of aryl methyl sites for hydroxylation is 1. The van der Waals surface area contributed by atoms with Crippen LogP contribution in [0.1, 0.15) is 11.3 Å². The molecule has 0 amide bonds. The average Bonchev–Trinajstić information content (AvgIpc) is 2.40. The Kier molecular flexibility index (Phi) is 3.44. The van der Waals surface area contributed by atoms with Crippen molar-refractivity contribution in [2.24, 2.45) is 0 Å². The van der Waals surface area contributed by atoms with Gasteiger partial charge in [-0.1, -0.05) is 0 Å². The van der Waals surface area contributed by atoms with E-state index in [0.29, 0.717) is 11.4 Å². The largest absolute Gasteiger partial charge is 0.497 e. The number of pyridine rings is 1. The van der Waals surface area contributed by atoms with Crippen molar-refractivity contribution in [2.75, 3.05) is 12.4 Å². The van der Waals surface area contributed by atoms with Gasteiger partial charge in [0.1, 0.15) is 17.6 Å². The third-order valence-electron chi connectivity index (χ3n) is 2.51. The van der Waals surface area contributed by atoms with E-state index in [1.807, 2.05) is 37.3 Å². The van der Waals surface area contributed by atoms with E-state index in [1.54, 1.807) is 13.2 Å². The molecule has 0 aliphatic carbocycles. The quantitative estimate of drug-likeness (QED) is 0.894. The molecule has 0 spiro atoms. The highest BCUT2D eigenvalue weighted by Gasteiger charge is 2.04. The van der Waals surface area contributed by atoms with Gasteiger partial charge in [0.25, 0.3) is 0 Å². The molecule has 90 valence electrons. The summed E-state index contributed by atoms with van der Waals surface area (Å²) in [4.78, 5) is 4.32. The topological polar surface area (TPSA) is 57.9 Å². The smallest absolute Gasteiger partial charge is 0.148 e. The Morgan fingerprint density at radius 1 is 1.17 bits per heavy atom. The normalized spacial score (nSPS) is 9.61. The summed E-state index contributed by atoms with van der Waals surface area (Å²) in [5.74, 6) is 1.36. The zero-order valence-corrected chi connectivity index (χ0v) is 10.3. The summed E-state index contributed by atoms with van der Waals surface area (Å²) in [6, 6.07) is 13.2. The average molecular weight is 239 g/mol. The number of ether oxygens (including phenoxy) is 1. The molecular weight excluding hydrogens is 226 g/mol. The lowest BCUT2D eigenvalue weighted by Gasteiger charge is -2.08. The van der Waals surface area contributed by atoms with Gasteiger partial charge in [-0.25, -0.2) is 4.98 Å². The first-order chi connectivity index (χ1) is 8.72. The molecule has 2 rings (SSSR count). The molecule has 0 radical (unpaired) electrons. The fourth-order valence-electron chi connectivity index (χ4n) is 1.55. The molecule has 0 aliphatic heterocycles. The van der Waals surface area contributed by atoms with E-state index >= 15 is 0 Å². The van der Waals surface area contributed by atoms with Crippen LogP contribution in [0.25, 0.3) is 0 Å². The van der Waals surface area contributed by atoms with E-state index in [-0.39, 0.29) is 0 Å². The lowest BCUT2D eigenvalue weighted by Crippen LogP contribution is -1.98. The molecule has 1 aromatic heterocycles. The fraction of sp³-hybridized carbons (Fsp3) is 0.143. The number of benzene rings is 1. The molecular formula is C14H13N3O. The molecule has 0 bridgehead atoms. The van der Waals surface area contributed by atoms with Crippen LogP contribution in [0, 0.1) is 18.3 Å². The van der Waals surface area contributed by atoms with Gasteiger partial charge in [0.2, 0.25) is 0 Å². The minimum Gasteiger partial charge on any atom is -0.497 e. The Balaban J connectivity index is 2.27.